The number of carbonyl (C=O) groups excluding carboxylic acids is 2. The predicted molar refractivity (Wildman–Crippen MR) is 96.9 cm³/mol. The first-order valence-corrected chi connectivity index (χ1v) is 10.1. The lowest BCUT2D eigenvalue weighted by Crippen LogP contribution is -2.70. The summed E-state index contributed by atoms with van der Waals surface area (Å²) in [6, 6.07) is 0. The molecule has 0 bridgehead atoms. The Morgan fingerprint density at radius 2 is 1.89 bits per heavy atom. The third-order valence-electron chi connectivity index (χ3n) is 8.83. The van der Waals surface area contributed by atoms with Crippen molar-refractivity contribution in [2.45, 2.75) is 75.9 Å². The van der Waals surface area contributed by atoms with Crippen LogP contribution in [0.5, 0.6) is 0 Å². The average Bonchev–Trinajstić information content (AvgIpc) is 2.84. The van der Waals surface area contributed by atoms with Crippen LogP contribution in [0.25, 0.3) is 0 Å². The van der Waals surface area contributed by atoms with Crippen LogP contribution in [-0.2, 0) is 9.59 Å². The standard InChI is InChI=1S/C21H29FO6/c1-18-6-5-12(24)7-11(18)3-4-13-14-8-15(25)21(28,17(27)10-23)19(14,2)9-16(26)20(13,18)22/h7,13-16,23,25-26,28H,3-6,8-10H2,1-2H3/t13-,14-,15-,16-,18-,19-,20-,21-/m0/s1. The van der Waals surface area contributed by atoms with Crippen LogP contribution in [0, 0.1) is 22.7 Å². The summed E-state index contributed by atoms with van der Waals surface area (Å²) >= 11 is 0. The molecule has 156 valence electrons. The first kappa shape index (κ1) is 20.1. The number of halogens is 1. The molecule has 0 aromatic heterocycles. The molecular formula is C21H29FO6. The van der Waals surface area contributed by atoms with Crippen LogP contribution in [0.2, 0.25) is 0 Å². The maximum absolute atomic E-state index is 16.8. The number of hydrogen-bond donors (Lipinski definition) is 4. The zero-order valence-corrected chi connectivity index (χ0v) is 16.3. The summed E-state index contributed by atoms with van der Waals surface area (Å²) in [6.07, 6.45) is -0.0824. The molecule has 0 amide bonds. The van der Waals surface area contributed by atoms with E-state index in [-0.39, 0.29) is 25.0 Å². The summed E-state index contributed by atoms with van der Waals surface area (Å²) in [7, 11) is 0. The Morgan fingerprint density at radius 1 is 1.21 bits per heavy atom. The minimum Gasteiger partial charge on any atom is -0.390 e. The third kappa shape index (κ3) is 2.06. The summed E-state index contributed by atoms with van der Waals surface area (Å²) in [5.74, 6) is -2.10. The molecule has 4 N–H and O–H groups in total. The van der Waals surface area contributed by atoms with Crippen LogP contribution in [0.1, 0.15) is 52.4 Å². The molecule has 4 aliphatic carbocycles. The molecule has 28 heavy (non-hydrogen) atoms. The van der Waals surface area contributed by atoms with Gasteiger partial charge in [0.05, 0.1) is 12.2 Å². The smallest absolute Gasteiger partial charge is 0.192 e. The Labute approximate surface area is 163 Å². The van der Waals surface area contributed by atoms with Crippen molar-refractivity contribution in [3.63, 3.8) is 0 Å². The van der Waals surface area contributed by atoms with Crippen molar-refractivity contribution in [1.29, 1.82) is 0 Å². The predicted octanol–water partition coefficient (Wildman–Crippen LogP) is 0.844. The van der Waals surface area contributed by atoms with Crippen LogP contribution in [0.3, 0.4) is 0 Å². The van der Waals surface area contributed by atoms with Gasteiger partial charge in [0.2, 0.25) is 0 Å². The van der Waals surface area contributed by atoms with Crippen molar-refractivity contribution in [1.82, 2.24) is 0 Å². The molecule has 6 nitrogen and oxygen atoms in total. The highest BCUT2D eigenvalue weighted by Crippen LogP contribution is 2.70. The van der Waals surface area contributed by atoms with E-state index >= 15 is 4.39 Å². The second-order valence-electron chi connectivity index (χ2n) is 9.72. The maximum Gasteiger partial charge on any atom is 0.192 e. The van der Waals surface area contributed by atoms with Gasteiger partial charge in [-0.15, -0.1) is 0 Å². The van der Waals surface area contributed by atoms with Gasteiger partial charge in [-0.25, -0.2) is 4.39 Å². The van der Waals surface area contributed by atoms with E-state index in [9.17, 15) is 30.0 Å². The van der Waals surface area contributed by atoms with Crippen LogP contribution >= 0.6 is 0 Å². The SMILES string of the molecule is C[C@]12CCC(=O)C=C1CC[C@H]1[C@@H]3C[C@H](O)[C@](O)(C(=O)CO)[C@@]3(C)C[C@H](O)[C@@]12F. The van der Waals surface area contributed by atoms with Gasteiger partial charge in [0.15, 0.2) is 17.2 Å². The number of fused-ring (bicyclic) bond motifs is 5. The molecule has 0 radical (unpaired) electrons. The van der Waals surface area contributed by atoms with Crippen molar-refractivity contribution in [3.8, 4) is 0 Å². The van der Waals surface area contributed by atoms with E-state index in [1.807, 2.05) is 0 Å². The number of Topliss-reactive ketones (excluding diaryl/α,β-unsaturated/α-hetero) is 1. The molecule has 4 rings (SSSR count). The Bertz CT molecular complexity index is 766. The first-order valence-electron chi connectivity index (χ1n) is 10.1. The summed E-state index contributed by atoms with van der Waals surface area (Å²) in [5, 5.41) is 42.2. The molecule has 0 heterocycles. The molecule has 3 fully saturated rings. The van der Waals surface area contributed by atoms with Gasteiger partial charge >= 0.3 is 0 Å². The van der Waals surface area contributed by atoms with Crippen molar-refractivity contribution in [3.05, 3.63) is 11.6 Å². The Kier molecular flexibility index (Phi) is 4.27. The number of aliphatic hydroxyl groups is 4. The lowest BCUT2D eigenvalue weighted by atomic mass is 9.44. The molecule has 0 unspecified atom stereocenters. The average molecular weight is 396 g/mol. The second-order valence-corrected chi connectivity index (χ2v) is 9.72. The first-order chi connectivity index (χ1) is 13.0. The van der Waals surface area contributed by atoms with Crippen molar-refractivity contribution >= 4 is 11.6 Å². The summed E-state index contributed by atoms with van der Waals surface area (Å²) in [4.78, 5) is 24.3. The van der Waals surface area contributed by atoms with Gasteiger partial charge in [-0.2, -0.15) is 0 Å². The van der Waals surface area contributed by atoms with E-state index in [1.54, 1.807) is 13.8 Å². The van der Waals surface area contributed by atoms with Crippen LogP contribution < -0.4 is 0 Å². The van der Waals surface area contributed by atoms with Gasteiger partial charge in [0, 0.05) is 23.2 Å². The minimum absolute atomic E-state index is 0.0242. The molecule has 7 heteroatoms. The van der Waals surface area contributed by atoms with E-state index in [0.29, 0.717) is 19.3 Å². The van der Waals surface area contributed by atoms with Gasteiger partial charge in [0.1, 0.15) is 12.3 Å². The quantitative estimate of drug-likeness (QED) is 0.550. The normalized spacial score (nSPS) is 53.1. The van der Waals surface area contributed by atoms with E-state index in [4.69, 9.17) is 0 Å². The fraction of sp³-hybridized carbons (Fsp3) is 0.810. The van der Waals surface area contributed by atoms with Gasteiger partial charge in [-0.3, -0.25) is 9.59 Å². The lowest BCUT2D eigenvalue weighted by Gasteiger charge is -2.63. The number of alkyl halides is 1. The van der Waals surface area contributed by atoms with E-state index in [2.05, 4.69) is 0 Å². The van der Waals surface area contributed by atoms with Crippen LogP contribution in [0.15, 0.2) is 11.6 Å². The van der Waals surface area contributed by atoms with Crippen molar-refractivity contribution in [2.24, 2.45) is 22.7 Å². The van der Waals surface area contributed by atoms with Crippen LogP contribution in [-0.4, -0.2) is 62.1 Å². The molecule has 0 aliphatic heterocycles. The van der Waals surface area contributed by atoms with Gasteiger partial charge in [0.25, 0.3) is 0 Å². The second kappa shape index (κ2) is 5.94. The Hall–Kier alpha value is -1.15. The third-order valence-corrected chi connectivity index (χ3v) is 8.83. The summed E-state index contributed by atoms with van der Waals surface area (Å²) in [5.41, 5.74) is -5.72. The molecule has 0 saturated heterocycles. The Morgan fingerprint density at radius 3 is 2.54 bits per heavy atom. The molecule has 4 aliphatic rings. The summed E-state index contributed by atoms with van der Waals surface area (Å²) in [6.45, 7) is 2.45. The number of carbonyl (C=O) groups is 2. The zero-order valence-electron chi connectivity index (χ0n) is 16.3. The van der Waals surface area contributed by atoms with Crippen LogP contribution in [0.4, 0.5) is 4.39 Å². The number of aliphatic hydroxyl groups excluding tert-OH is 3. The van der Waals surface area contributed by atoms with E-state index in [1.165, 1.54) is 6.08 Å². The molecular weight excluding hydrogens is 367 g/mol. The monoisotopic (exact) mass is 396 g/mol. The fourth-order valence-corrected chi connectivity index (χ4v) is 7.21. The minimum atomic E-state index is -2.21. The highest BCUT2D eigenvalue weighted by Gasteiger charge is 2.76. The summed E-state index contributed by atoms with van der Waals surface area (Å²) < 4.78 is 16.8. The van der Waals surface area contributed by atoms with E-state index in [0.717, 1.165) is 5.57 Å². The largest absolute Gasteiger partial charge is 0.390 e. The molecule has 0 spiro atoms. The number of rotatable bonds is 2. The number of ketones is 2. The lowest BCUT2D eigenvalue weighted by molar-refractivity contribution is -0.230. The Balaban J connectivity index is 1.83. The molecule has 0 aromatic rings. The molecule has 3 saturated carbocycles. The fourth-order valence-electron chi connectivity index (χ4n) is 7.21. The van der Waals surface area contributed by atoms with Crippen molar-refractivity contribution < 1.29 is 34.4 Å². The van der Waals surface area contributed by atoms with Gasteiger partial charge in [-0.1, -0.05) is 19.4 Å². The molecule has 8 atom stereocenters. The van der Waals surface area contributed by atoms with E-state index < -0.39 is 58.5 Å². The maximum atomic E-state index is 16.8. The topological polar surface area (TPSA) is 115 Å². The van der Waals surface area contributed by atoms with Crippen molar-refractivity contribution in [2.75, 3.05) is 6.61 Å². The highest BCUT2D eigenvalue weighted by atomic mass is 19.1. The number of hydrogen-bond acceptors (Lipinski definition) is 6. The molecule has 0 aromatic carbocycles. The highest BCUT2D eigenvalue weighted by molar-refractivity contribution is 5.92. The van der Waals surface area contributed by atoms with Gasteiger partial charge in [-0.05, 0) is 44.1 Å². The zero-order chi connectivity index (χ0) is 20.7. The number of allylic oxidation sites excluding steroid dienone is 1. The van der Waals surface area contributed by atoms with Gasteiger partial charge < -0.3 is 20.4 Å².